The van der Waals surface area contributed by atoms with Crippen molar-refractivity contribution in [1.82, 2.24) is 10.2 Å². The quantitative estimate of drug-likeness (QED) is 0.823. The number of halogens is 1. The van der Waals surface area contributed by atoms with Gasteiger partial charge in [0.15, 0.2) is 11.5 Å². The highest BCUT2D eigenvalue weighted by molar-refractivity contribution is 5.85. The van der Waals surface area contributed by atoms with Crippen molar-refractivity contribution in [1.29, 1.82) is 0 Å². The van der Waals surface area contributed by atoms with Crippen LogP contribution >= 0.6 is 12.4 Å². The minimum atomic E-state index is 0. The third-order valence-electron chi connectivity index (χ3n) is 4.33. The Labute approximate surface area is 145 Å². The van der Waals surface area contributed by atoms with E-state index in [9.17, 15) is 0 Å². The monoisotopic (exact) mass is 344 g/mol. The van der Waals surface area contributed by atoms with Crippen LogP contribution in [0.1, 0.15) is 18.4 Å². The zero-order valence-electron chi connectivity index (χ0n) is 14.6. The first kappa shape index (κ1) is 19.9. The van der Waals surface area contributed by atoms with Crippen molar-refractivity contribution in [3.63, 3.8) is 0 Å². The molecule has 1 aromatic carbocycles. The second-order valence-corrected chi connectivity index (χ2v) is 5.81. The molecule has 0 bridgehead atoms. The summed E-state index contributed by atoms with van der Waals surface area (Å²) < 4.78 is 16.2. The highest BCUT2D eigenvalue weighted by Gasteiger charge is 2.20. The number of hydrogen-bond acceptors (Lipinski definition) is 5. The van der Waals surface area contributed by atoms with Crippen molar-refractivity contribution in [3.8, 4) is 17.2 Å². The molecule has 0 aromatic heterocycles. The molecular weight excluding hydrogens is 316 g/mol. The van der Waals surface area contributed by atoms with Crippen LogP contribution in [0.5, 0.6) is 17.2 Å². The molecule has 1 aromatic rings. The molecule has 132 valence electrons. The normalized spacial score (nSPS) is 15.8. The molecule has 1 N–H and O–H groups in total. The topological polar surface area (TPSA) is 43.0 Å². The minimum absolute atomic E-state index is 0. The van der Waals surface area contributed by atoms with E-state index in [1.807, 2.05) is 19.2 Å². The molecule has 23 heavy (non-hydrogen) atoms. The molecule has 0 spiro atoms. The molecule has 6 heteroatoms. The Hall–Kier alpha value is -1.17. The second-order valence-electron chi connectivity index (χ2n) is 5.81. The van der Waals surface area contributed by atoms with Gasteiger partial charge in [0.1, 0.15) is 0 Å². The number of ether oxygens (including phenoxy) is 3. The van der Waals surface area contributed by atoms with Crippen LogP contribution in [0.3, 0.4) is 0 Å². The van der Waals surface area contributed by atoms with E-state index in [0.29, 0.717) is 5.75 Å². The van der Waals surface area contributed by atoms with Crippen molar-refractivity contribution >= 4 is 12.4 Å². The Morgan fingerprint density at radius 1 is 1.04 bits per heavy atom. The fraction of sp³-hybridized carbons (Fsp3) is 0.647. The maximum absolute atomic E-state index is 5.43. The number of piperidine rings is 1. The van der Waals surface area contributed by atoms with Crippen LogP contribution in [0.4, 0.5) is 0 Å². The van der Waals surface area contributed by atoms with Gasteiger partial charge in [-0.25, -0.2) is 0 Å². The molecule has 0 aliphatic carbocycles. The predicted molar refractivity (Wildman–Crippen MR) is 95.3 cm³/mol. The largest absolute Gasteiger partial charge is 0.493 e. The molecule has 1 heterocycles. The molecule has 1 saturated heterocycles. The van der Waals surface area contributed by atoms with Crippen LogP contribution in [0.2, 0.25) is 0 Å². The number of methoxy groups -OCH3 is 3. The van der Waals surface area contributed by atoms with Gasteiger partial charge >= 0.3 is 0 Å². The lowest BCUT2D eigenvalue weighted by Gasteiger charge is -2.32. The summed E-state index contributed by atoms with van der Waals surface area (Å²) in [6, 6.07) is 4.09. The van der Waals surface area contributed by atoms with Gasteiger partial charge in [0, 0.05) is 6.54 Å². The van der Waals surface area contributed by atoms with Crippen molar-refractivity contribution in [2.45, 2.75) is 19.4 Å². The summed E-state index contributed by atoms with van der Waals surface area (Å²) in [5, 5.41) is 3.28. The third kappa shape index (κ3) is 5.16. The molecule has 1 aliphatic heterocycles. The van der Waals surface area contributed by atoms with Crippen molar-refractivity contribution in [2.75, 3.05) is 48.0 Å². The number of nitrogens with one attached hydrogen (secondary N) is 1. The first-order valence-corrected chi connectivity index (χ1v) is 7.87. The maximum Gasteiger partial charge on any atom is 0.203 e. The van der Waals surface area contributed by atoms with E-state index in [4.69, 9.17) is 14.2 Å². The lowest BCUT2D eigenvalue weighted by molar-refractivity contribution is 0.176. The lowest BCUT2D eigenvalue weighted by atomic mass is 9.96. The van der Waals surface area contributed by atoms with Crippen molar-refractivity contribution in [2.24, 2.45) is 5.92 Å². The van der Waals surface area contributed by atoms with Gasteiger partial charge in [-0.1, -0.05) is 0 Å². The van der Waals surface area contributed by atoms with Gasteiger partial charge in [-0.2, -0.15) is 0 Å². The van der Waals surface area contributed by atoms with Gasteiger partial charge in [0.05, 0.1) is 21.3 Å². The fourth-order valence-corrected chi connectivity index (χ4v) is 3.12. The van der Waals surface area contributed by atoms with Gasteiger partial charge in [-0.3, -0.25) is 4.90 Å². The summed E-state index contributed by atoms with van der Waals surface area (Å²) in [5.74, 6) is 2.91. The molecule has 0 amide bonds. The minimum Gasteiger partial charge on any atom is -0.493 e. The summed E-state index contributed by atoms with van der Waals surface area (Å²) in [4.78, 5) is 2.49. The van der Waals surface area contributed by atoms with Gasteiger partial charge in [-0.15, -0.1) is 12.4 Å². The van der Waals surface area contributed by atoms with Crippen LogP contribution in [-0.4, -0.2) is 52.9 Å². The highest BCUT2D eigenvalue weighted by atomic mass is 35.5. The van der Waals surface area contributed by atoms with Gasteiger partial charge < -0.3 is 19.5 Å². The lowest BCUT2D eigenvalue weighted by Crippen LogP contribution is -2.36. The summed E-state index contributed by atoms with van der Waals surface area (Å²) in [6.45, 7) is 4.33. The van der Waals surface area contributed by atoms with E-state index < -0.39 is 0 Å². The maximum atomic E-state index is 5.43. The summed E-state index contributed by atoms with van der Waals surface area (Å²) in [7, 11) is 6.98. The first-order valence-electron chi connectivity index (χ1n) is 7.87. The predicted octanol–water partition coefficient (Wildman–Crippen LogP) is 2.57. The zero-order chi connectivity index (χ0) is 15.9. The highest BCUT2D eigenvalue weighted by Crippen LogP contribution is 2.38. The molecule has 0 atom stereocenters. The number of likely N-dealkylation sites (tertiary alicyclic amines) is 1. The second kappa shape index (κ2) is 9.85. The third-order valence-corrected chi connectivity index (χ3v) is 4.33. The van der Waals surface area contributed by atoms with Crippen molar-refractivity contribution in [3.05, 3.63) is 17.7 Å². The number of nitrogens with zero attached hydrogens (tertiary/aromatic N) is 1. The number of hydrogen-bond donors (Lipinski definition) is 1. The van der Waals surface area contributed by atoms with Crippen LogP contribution in [0.25, 0.3) is 0 Å². The van der Waals surface area contributed by atoms with Crippen LogP contribution in [0.15, 0.2) is 12.1 Å². The van der Waals surface area contributed by atoms with Crippen LogP contribution < -0.4 is 19.5 Å². The zero-order valence-corrected chi connectivity index (χ0v) is 15.4. The Kier molecular flexibility index (Phi) is 8.52. The molecule has 1 aliphatic rings. The molecule has 2 rings (SSSR count). The molecule has 0 saturated carbocycles. The molecular formula is C17H29ClN2O3. The van der Waals surface area contributed by atoms with Gasteiger partial charge in [-0.05, 0) is 63.1 Å². The van der Waals surface area contributed by atoms with E-state index in [1.54, 1.807) is 21.3 Å². The standard InChI is InChI=1S/C17H28N2O3.ClH/c1-18-11-13-5-7-19(8-6-13)12-14-9-15(20-2)17(22-4)16(10-14)21-3;/h9-10,13,18H,5-8,11-12H2,1-4H3;1H. The Morgan fingerprint density at radius 3 is 2.04 bits per heavy atom. The first-order chi connectivity index (χ1) is 10.7. The van der Waals surface area contributed by atoms with Gasteiger partial charge in [0.2, 0.25) is 5.75 Å². The molecule has 0 unspecified atom stereocenters. The van der Waals surface area contributed by atoms with Crippen LogP contribution in [0, 0.1) is 5.92 Å². The van der Waals surface area contributed by atoms with E-state index in [-0.39, 0.29) is 12.4 Å². The SMILES string of the molecule is CNCC1CCN(Cc2cc(OC)c(OC)c(OC)c2)CC1.Cl. The molecule has 0 radical (unpaired) electrons. The van der Waals surface area contributed by atoms with Gasteiger partial charge in [0.25, 0.3) is 0 Å². The fourth-order valence-electron chi connectivity index (χ4n) is 3.12. The average Bonchev–Trinajstić information content (AvgIpc) is 2.56. The van der Waals surface area contributed by atoms with E-state index >= 15 is 0 Å². The van der Waals surface area contributed by atoms with Crippen LogP contribution in [-0.2, 0) is 6.54 Å². The Bertz CT molecular complexity index is 452. The molecule has 5 nitrogen and oxygen atoms in total. The molecule has 1 fully saturated rings. The number of rotatable bonds is 7. The Morgan fingerprint density at radius 2 is 1.61 bits per heavy atom. The van der Waals surface area contributed by atoms with E-state index in [1.165, 1.54) is 18.4 Å². The summed E-state index contributed by atoms with van der Waals surface area (Å²) in [6.07, 6.45) is 2.51. The Balaban J connectivity index is 0.00000264. The summed E-state index contributed by atoms with van der Waals surface area (Å²) in [5.41, 5.74) is 1.20. The van der Waals surface area contributed by atoms with E-state index in [2.05, 4.69) is 10.2 Å². The van der Waals surface area contributed by atoms with Crippen molar-refractivity contribution < 1.29 is 14.2 Å². The average molecular weight is 345 g/mol. The smallest absolute Gasteiger partial charge is 0.203 e. The van der Waals surface area contributed by atoms with E-state index in [0.717, 1.165) is 43.6 Å². The number of benzene rings is 1. The summed E-state index contributed by atoms with van der Waals surface area (Å²) >= 11 is 0.